The van der Waals surface area contributed by atoms with E-state index in [0.29, 0.717) is 11.1 Å². The van der Waals surface area contributed by atoms with E-state index in [0.717, 1.165) is 26.5 Å². The molecule has 3 aromatic carbocycles. The zero-order chi connectivity index (χ0) is 18.6. The number of carbonyl (C=O) groups is 1. The van der Waals surface area contributed by atoms with Gasteiger partial charge in [-0.1, -0.05) is 70.2 Å². The van der Waals surface area contributed by atoms with E-state index >= 15 is 0 Å². The largest absolute Gasteiger partial charge is 0.411 e. The standard InChI is InChI=1S/C20H14BrN3O2S/c21-14-7-4-8-15(11-14)22-18(25)12-27-20-24-23-19(26-20)17-10-3-6-13-5-1-2-9-16(13)17/h1-11H,12H2,(H,22,25). The summed E-state index contributed by atoms with van der Waals surface area (Å²) in [5, 5.41) is 13.5. The molecule has 1 aromatic heterocycles. The van der Waals surface area contributed by atoms with Gasteiger partial charge in [0.15, 0.2) is 0 Å². The molecule has 1 N–H and O–H groups in total. The zero-order valence-corrected chi connectivity index (χ0v) is 16.5. The number of nitrogens with zero attached hydrogens (tertiary/aromatic N) is 2. The second kappa shape index (κ2) is 7.94. The van der Waals surface area contributed by atoms with Crippen molar-refractivity contribution in [2.24, 2.45) is 0 Å². The molecular formula is C20H14BrN3O2S. The minimum Gasteiger partial charge on any atom is -0.411 e. The van der Waals surface area contributed by atoms with Gasteiger partial charge in [0.25, 0.3) is 5.22 Å². The van der Waals surface area contributed by atoms with Gasteiger partial charge in [0, 0.05) is 15.7 Å². The lowest BCUT2D eigenvalue weighted by molar-refractivity contribution is -0.113. The molecule has 4 aromatic rings. The molecule has 0 spiro atoms. The van der Waals surface area contributed by atoms with E-state index in [4.69, 9.17) is 4.42 Å². The summed E-state index contributed by atoms with van der Waals surface area (Å²) in [6.45, 7) is 0. The second-order valence-electron chi connectivity index (χ2n) is 5.75. The Labute approximate surface area is 168 Å². The Morgan fingerprint density at radius 2 is 1.85 bits per heavy atom. The van der Waals surface area contributed by atoms with Crippen LogP contribution >= 0.6 is 27.7 Å². The van der Waals surface area contributed by atoms with Crippen LogP contribution in [0.4, 0.5) is 5.69 Å². The molecule has 27 heavy (non-hydrogen) atoms. The minimum absolute atomic E-state index is 0.136. The van der Waals surface area contributed by atoms with Crippen LogP contribution in [-0.4, -0.2) is 21.9 Å². The quantitative estimate of drug-likeness (QED) is 0.422. The van der Waals surface area contributed by atoms with Crippen molar-refractivity contribution in [3.05, 3.63) is 71.2 Å². The Balaban J connectivity index is 1.44. The molecule has 0 fully saturated rings. The number of benzene rings is 3. The lowest BCUT2D eigenvalue weighted by atomic mass is 10.0. The number of hydrogen-bond donors (Lipinski definition) is 1. The number of hydrogen-bond acceptors (Lipinski definition) is 5. The number of fused-ring (bicyclic) bond motifs is 1. The third-order valence-electron chi connectivity index (χ3n) is 3.86. The van der Waals surface area contributed by atoms with Gasteiger partial charge >= 0.3 is 0 Å². The van der Waals surface area contributed by atoms with Crippen molar-refractivity contribution in [1.82, 2.24) is 10.2 Å². The molecule has 0 unspecified atom stereocenters. The predicted molar refractivity (Wildman–Crippen MR) is 111 cm³/mol. The van der Waals surface area contributed by atoms with E-state index in [1.54, 1.807) is 0 Å². The van der Waals surface area contributed by atoms with Crippen molar-refractivity contribution in [2.45, 2.75) is 5.22 Å². The fourth-order valence-corrected chi connectivity index (χ4v) is 3.64. The van der Waals surface area contributed by atoms with Gasteiger partial charge in [-0.2, -0.15) is 0 Å². The van der Waals surface area contributed by atoms with Gasteiger partial charge in [-0.15, -0.1) is 10.2 Å². The Morgan fingerprint density at radius 1 is 1.04 bits per heavy atom. The zero-order valence-electron chi connectivity index (χ0n) is 14.1. The van der Waals surface area contributed by atoms with E-state index < -0.39 is 0 Å². The Kier molecular flexibility index (Phi) is 5.22. The average Bonchev–Trinajstić information content (AvgIpc) is 3.15. The van der Waals surface area contributed by atoms with Crippen molar-refractivity contribution >= 4 is 50.1 Å². The molecule has 1 heterocycles. The minimum atomic E-state index is -0.136. The highest BCUT2D eigenvalue weighted by Crippen LogP contribution is 2.29. The molecule has 0 aliphatic rings. The summed E-state index contributed by atoms with van der Waals surface area (Å²) < 4.78 is 6.66. The van der Waals surface area contributed by atoms with Crippen LogP contribution in [0.15, 0.2) is 80.8 Å². The van der Waals surface area contributed by atoms with Gasteiger partial charge in [0.2, 0.25) is 11.8 Å². The van der Waals surface area contributed by atoms with Gasteiger partial charge in [0.1, 0.15) is 0 Å². The molecular weight excluding hydrogens is 426 g/mol. The monoisotopic (exact) mass is 439 g/mol. The first-order chi connectivity index (χ1) is 13.2. The van der Waals surface area contributed by atoms with E-state index in [2.05, 4.69) is 31.4 Å². The summed E-state index contributed by atoms with van der Waals surface area (Å²) in [4.78, 5) is 12.1. The molecule has 0 atom stereocenters. The summed E-state index contributed by atoms with van der Waals surface area (Å²) in [6, 6.07) is 21.4. The summed E-state index contributed by atoms with van der Waals surface area (Å²) >= 11 is 4.59. The van der Waals surface area contributed by atoms with Crippen LogP contribution in [0.1, 0.15) is 0 Å². The van der Waals surface area contributed by atoms with E-state index in [-0.39, 0.29) is 11.7 Å². The maximum absolute atomic E-state index is 12.1. The summed E-state index contributed by atoms with van der Waals surface area (Å²) in [5.74, 6) is 0.494. The highest BCUT2D eigenvalue weighted by Gasteiger charge is 2.13. The number of anilines is 1. The lowest BCUT2D eigenvalue weighted by Gasteiger charge is -2.04. The maximum atomic E-state index is 12.1. The Morgan fingerprint density at radius 3 is 2.74 bits per heavy atom. The van der Waals surface area contributed by atoms with Crippen LogP contribution in [0.3, 0.4) is 0 Å². The van der Waals surface area contributed by atoms with Gasteiger partial charge in [-0.05, 0) is 35.0 Å². The first-order valence-electron chi connectivity index (χ1n) is 8.19. The van der Waals surface area contributed by atoms with Crippen molar-refractivity contribution in [3.8, 4) is 11.5 Å². The van der Waals surface area contributed by atoms with Crippen LogP contribution < -0.4 is 5.32 Å². The Hall–Kier alpha value is -2.64. The van der Waals surface area contributed by atoms with Crippen LogP contribution in [0.2, 0.25) is 0 Å². The SMILES string of the molecule is O=C(CSc1nnc(-c2cccc3ccccc23)o1)Nc1cccc(Br)c1. The molecule has 1 amide bonds. The van der Waals surface area contributed by atoms with Crippen LogP contribution in [-0.2, 0) is 4.79 Å². The van der Waals surface area contributed by atoms with Gasteiger partial charge in [-0.25, -0.2) is 0 Å². The lowest BCUT2D eigenvalue weighted by Crippen LogP contribution is -2.13. The van der Waals surface area contributed by atoms with Crippen LogP contribution in [0.5, 0.6) is 0 Å². The number of nitrogens with one attached hydrogen (secondary N) is 1. The summed E-state index contributed by atoms with van der Waals surface area (Å²) in [5.41, 5.74) is 1.61. The fraction of sp³-hybridized carbons (Fsp3) is 0.0500. The molecule has 5 nitrogen and oxygen atoms in total. The number of aromatic nitrogens is 2. The third kappa shape index (κ3) is 4.20. The molecule has 0 radical (unpaired) electrons. The van der Waals surface area contributed by atoms with Crippen LogP contribution in [0, 0.1) is 0 Å². The first kappa shape index (κ1) is 17.8. The topological polar surface area (TPSA) is 68.0 Å². The van der Waals surface area contributed by atoms with E-state index in [9.17, 15) is 4.79 Å². The third-order valence-corrected chi connectivity index (χ3v) is 5.17. The number of rotatable bonds is 5. The summed E-state index contributed by atoms with van der Waals surface area (Å²) in [7, 11) is 0. The molecule has 0 saturated heterocycles. The average molecular weight is 440 g/mol. The number of halogens is 1. The van der Waals surface area contributed by atoms with E-state index in [1.165, 1.54) is 11.8 Å². The molecule has 7 heteroatoms. The summed E-state index contributed by atoms with van der Waals surface area (Å²) in [6.07, 6.45) is 0. The smallest absolute Gasteiger partial charge is 0.277 e. The predicted octanol–water partition coefficient (Wildman–Crippen LogP) is 5.38. The van der Waals surface area contributed by atoms with Crippen LogP contribution in [0.25, 0.3) is 22.2 Å². The van der Waals surface area contributed by atoms with Crippen molar-refractivity contribution in [2.75, 3.05) is 11.1 Å². The van der Waals surface area contributed by atoms with Gasteiger partial charge in [-0.3, -0.25) is 4.79 Å². The number of amides is 1. The normalized spacial score (nSPS) is 10.9. The maximum Gasteiger partial charge on any atom is 0.277 e. The number of carbonyl (C=O) groups excluding carboxylic acids is 1. The molecule has 0 bridgehead atoms. The molecule has 0 aliphatic heterocycles. The number of thioether (sulfide) groups is 1. The van der Waals surface area contributed by atoms with Crippen molar-refractivity contribution in [3.63, 3.8) is 0 Å². The van der Waals surface area contributed by atoms with Gasteiger partial charge in [0.05, 0.1) is 5.75 Å². The second-order valence-corrected chi connectivity index (χ2v) is 7.59. The highest BCUT2D eigenvalue weighted by molar-refractivity contribution is 9.10. The van der Waals surface area contributed by atoms with E-state index in [1.807, 2.05) is 66.7 Å². The highest BCUT2D eigenvalue weighted by atomic mass is 79.9. The van der Waals surface area contributed by atoms with Crippen molar-refractivity contribution < 1.29 is 9.21 Å². The Bertz CT molecular complexity index is 1110. The fourth-order valence-electron chi connectivity index (χ4n) is 2.68. The molecule has 134 valence electrons. The molecule has 0 saturated carbocycles. The van der Waals surface area contributed by atoms with Crippen molar-refractivity contribution in [1.29, 1.82) is 0 Å². The molecule has 0 aliphatic carbocycles. The van der Waals surface area contributed by atoms with Gasteiger partial charge < -0.3 is 9.73 Å². The first-order valence-corrected chi connectivity index (χ1v) is 9.97. The molecule has 4 rings (SSSR count).